The molecule has 2 aliphatic heterocycles. The van der Waals surface area contributed by atoms with Crippen LogP contribution in [-0.2, 0) is 19.4 Å². The Morgan fingerprint density at radius 1 is 1.25 bits per heavy atom. The van der Waals surface area contributed by atoms with Crippen molar-refractivity contribution in [3.63, 3.8) is 0 Å². The van der Waals surface area contributed by atoms with Crippen molar-refractivity contribution in [3.05, 3.63) is 30.1 Å². The van der Waals surface area contributed by atoms with Crippen molar-refractivity contribution in [1.29, 1.82) is 0 Å². The fraction of sp³-hybridized carbons (Fsp3) is 0.400. The van der Waals surface area contributed by atoms with Crippen LogP contribution < -0.4 is 5.32 Å². The SMILES string of the molecule is O=C(Nc1ccc(F)cc1)C1=NN([C@H]2CCS(=O)(=O)C2)C(=O)CC1. The monoisotopic (exact) mass is 353 g/mol. The number of sulfone groups is 1. The molecule has 0 spiro atoms. The molecule has 0 radical (unpaired) electrons. The lowest BCUT2D eigenvalue weighted by molar-refractivity contribution is -0.133. The van der Waals surface area contributed by atoms with Crippen LogP contribution in [0.2, 0.25) is 0 Å². The van der Waals surface area contributed by atoms with E-state index in [-0.39, 0.29) is 36.0 Å². The van der Waals surface area contributed by atoms with E-state index in [1.54, 1.807) is 0 Å². The summed E-state index contributed by atoms with van der Waals surface area (Å²) in [7, 11) is -3.16. The van der Waals surface area contributed by atoms with Crippen LogP contribution in [0.4, 0.5) is 10.1 Å². The molecule has 9 heteroatoms. The molecule has 2 heterocycles. The molecule has 1 aromatic rings. The van der Waals surface area contributed by atoms with Gasteiger partial charge in [-0.2, -0.15) is 5.10 Å². The quantitative estimate of drug-likeness (QED) is 0.874. The molecule has 0 unspecified atom stereocenters. The molecule has 1 atom stereocenters. The first kappa shape index (κ1) is 16.6. The molecule has 0 aliphatic carbocycles. The minimum absolute atomic E-state index is 0.0219. The molecule has 1 saturated heterocycles. The molecular formula is C15H16FN3O4S. The number of hydrogen-bond donors (Lipinski definition) is 1. The number of amides is 2. The molecule has 2 aliphatic rings. The number of carbonyl (C=O) groups excluding carboxylic acids is 2. The second kappa shape index (κ2) is 6.31. The molecule has 1 aromatic carbocycles. The van der Waals surface area contributed by atoms with Gasteiger partial charge in [0.05, 0.1) is 17.5 Å². The summed E-state index contributed by atoms with van der Waals surface area (Å²) in [5.74, 6) is -1.29. The van der Waals surface area contributed by atoms with E-state index < -0.39 is 27.6 Å². The summed E-state index contributed by atoms with van der Waals surface area (Å²) in [6.07, 6.45) is 0.610. The highest BCUT2D eigenvalue weighted by atomic mass is 32.2. The van der Waals surface area contributed by atoms with Crippen LogP contribution in [0.5, 0.6) is 0 Å². The number of hydrazone groups is 1. The van der Waals surface area contributed by atoms with Gasteiger partial charge in [-0.3, -0.25) is 9.59 Å². The van der Waals surface area contributed by atoms with E-state index in [0.29, 0.717) is 12.1 Å². The van der Waals surface area contributed by atoms with Gasteiger partial charge in [-0.25, -0.2) is 17.8 Å². The number of carbonyl (C=O) groups is 2. The Morgan fingerprint density at radius 2 is 1.96 bits per heavy atom. The number of nitrogens with zero attached hydrogens (tertiary/aromatic N) is 2. The number of nitrogens with one attached hydrogen (secondary N) is 1. The van der Waals surface area contributed by atoms with Gasteiger partial charge in [-0.1, -0.05) is 0 Å². The molecule has 0 bridgehead atoms. The fourth-order valence-electron chi connectivity index (χ4n) is 2.72. The summed E-state index contributed by atoms with van der Waals surface area (Å²) >= 11 is 0. The van der Waals surface area contributed by atoms with Gasteiger partial charge in [0.1, 0.15) is 11.5 Å². The van der Waals surface area contributed by atoms with Crippen LogP contribution in [0.25, 0.3) is 0 Å². The lowest BCUT2D eigenvalue weighted by Crippen LogP contribution is -2.42. The molecule has 0 saturated carbocycles. The molecule has 1 N–H and O–H groups in total. The van der Waals surface area contributed by atoms with Crippen molar-refractivity contribution < 1.29 is 22.4 Å². The van der Waals surface area contributed by atoms with Gasteiger partial charge in [-0.15, -0.1) is 0 Å². The Morgan fingerprint density at radius 3 is 2.58 bits per heavy atom. The summed E-state index contributed by atoms with van der Waals surface area (Å²) in [6, 6.07) is 4.76. The summed E-state index contributed by atoms with van der Waals surface area (Å²) in [4.78, 5) is 24.3. The Bertz CT molecular complexity index is 805. The first-order chi connectivity index (χ1) is 11.3. The van der Waals surface area contributed by atoms with Gasteiger partial charge in [-0.05, 0) is 30.7 Å². The van der Waals surface area contributed by atoms with Crippen LogP contribution >= 0.6 is 0 Å². The highest BCUT2D eigenvalue weighted by molar-refractivity contribution is 7.91. The third-order valence-corrected chi connectivity index (χ3v) is 5.73. The molecule has 7 nitrogen and oxygen atoms in total. The van der Waals surface area contributed by atoms with E-state index >= 15 is 0 Å². The average molecular weight is 353 g/mol. The highest BCUT2D eigenvalue weighted by Gasteiger charge is 2.37. The lowest BCUT2D eigenvalue weighted by Gasteiger charge is -2.27. The van der Waals surface area contributed by atoms with Crippen molar-refractivity contribution in [2.45, 2.75) is 25.3 Å². The second-order valence-corrected chi connectivity index (χ2v) is 8.03. The van der Waals surface area contributed by atoms with Crippen molar-refractivity contribution >= 4 is 33.1 Å². The Kier molecular flexibility index (Phi) is 4.35. The molecule has 0 aromatic heterocycles. The van der Waals surface area contributed by atoms with Crippen LogP contribution in [0.1, 0.15) is 19.3 Å². The minimum atomic E-state index is -3.16. The molecule has 128 valence electrons. The number of halogens is 1. The normalized spacial score (nSPS) is 23.0. The zero-order chi connectivity index (χ0) is 17.3. The summed E-state index contributed by atoms with van der Waals surface area (Å²) in [5.41, 5.74) is 0.569. The average Bonchev–Trinajstić information content (AvgIpc) is 2.90. The van der Waals surface area contributed by atoms with E-state index in [0.717, 1.165) is 5.01 Å². The van der Waals surface area contributed by atoms with E-state index in [4.69, 9.17) is 0 Å². The Labute approximate surface area is 138 Å². The van der Waals surface area contributed by atoms with Gasteiger partial charge in [0.15, 0.2) is 9.84 Å². The van der Waals surface area contributed by atoms with Crippen molar-refractivity contribution in [2.75, 3.05) is 16.8 Å². The van der Waals surface area contributed by atoms with Crippen molar-refractivity contribution in [3.8, 4) is 0 Å². The highest BCUT2D eigenvalue weighted by Crippen LogP contribution is 2.22. The zero-order valence-corrected chi connectivity index (χ0v) is 13.6. The third kappa shape index (κ3) is 3.61. The van der Waals surface area contributed by atoms with Crippen LogP contribution in [-0.4, -0.2) is 48.5 Å². The standard InChI is InChI=1S/C15H16FN3O4S/c16-10-1-3-11(4-2-10)17-15(21)13-5-6-14(20)19(18-13)12-7-8-24(22,23)9-12/h1-4,12H,5-9H2,(H,17,21)/t12-/m0/s1. The second-order valence-electron chi connectivity index (χ2n) is 5.80. The molecule has 2 amide bonds. The third-order valence-electron chi connectivity index (χ3n) is 3.98. The smallest absolute Gasteiger partial charge is 0.271 e. The molecule has 1 fully saturated rings. The minimum Gasteiger partial charge on any atom is -0.321 e. The van der Waals surface area contributed by atoms with Gasteiger partial charge >= 0.3 is 0 Å². The topological polar surface area (TPSA) is 95.9 Å². The summed E-state index contributed by atoms with van der Waals surface area (Å²) in [5, 5.41) is 7.79. The molecule has 24 heavy (non-hydrogen) atoms. The van der Waals surface area contributed by atoms with Crippen molar-refractivity contribution in [2.24, 2.45) is 5.10 Å². The first-order valence-corrected chi connectivity index (χ1v) is 9.33. The maximum absolute atomic E-state index is 12.9. The molecule has 3 rings (SSSR count). The number of hydrogen-bond acceptors (Lipinski definition) is 5. The van der Waals surface area contributed by atoms with Gasteiger partial charge < -0.3 is 5.32 Å². The number of rotatable bonds is 3. The number of anilines is 1. The first-order valence-electron chi connectivity index (χ1n) is 7.51. The van der Waals surface area contributed by atoms with Crippen LogP contribution in [0.3, 0.4) is 0 Å². The molecular weight excluding hydrogens is 337 g/mol. The maximum Gasteiger partial charge on any atom is 0.271 e. The maximum atomic E-state index is 12.9. The van der Waals surface area contributed by atoms with E-state index in [1.807, 2.05) is 0 Å². The van der Waals surface area contributed by atoms with Gasteiger partial charge in [0.2, 0.25) is 5.91 Å². The predicted molar refractivity (Wildman–Crippen MR) is 85.6 cm³/mol. The Balaban J connectivity index is 1.75. The fourth-order valence-corrected chi connectivity index (χ4v) is 4.42. The largest absolute Gasteiger partial charge is 0.321 e. The van der Waals surface area contributed by atoms with Crippen molar-refractivity contribution in [1.82, 2.24) is 5.01 Å². The summed E-state index contributed by atoms with van der Waals surface area (Å²) in [6.45, 7) is 0. The van der Waals surface area contributed by atoms with E-state index in [2.05, 4.69) is 10.4 Å². The van der Waals surface area contributed by atoms with E-state index in [9.17, 15) is 22.4 Å². The Hall–Kier alpha value is -2.29. The van der Waals surface area contributed by atoms with Gasteiger partial charge in [0, 0.05) is 18.5 Å². The van der Waals surface area contributed by atoms with E-state index in [1.165, 1.54) is 24.3 Å². The van der Waals surface area contributed by atoms with Crippen LogP contribution in [0, 0.1) is 5.82 Å². The van der Waals surface area contributed by atoms with Gasteiger partial charge in [0.25, 0.3) is 5.91 Å². The zero-order valence-electron chi connectivity index (χ0n) is 12.7. The van der Waals surface area contributed by atoms with Crippen LogP contribution in [0.15, 0.2) is 29.4 Å². The predicted octanol–water partition coefficient (Wildman–Crippen LogP) is 0.930. The number of benzene rings is 1. The summed E-state index contributed by atoms with van der Waals surface area (Å²) < 4.78 is 36.0. The lowest BCUT2D eigenvalue weighted by atomic mass is 10.1.